The zero-order valence-corrected chi connectivity index (χ0v) is 31.0. The zero-order chi connectivity index (χ0) is 36.2. The van der Waals surface area contributed by atoms with Gasteiger partial charge in [0.05, 0.1) is 36.6 Å². The molecule has 7 aliphatic carbocycles. The monoisotopic (exact) mass is 722 g/mol. The van der Waals surface area contributed by atoms with Crippen LogP contribution in [0.15, 0.2) is 12.1 Å². The lowest BCUT2D eigenvalue weighted by molar-refractivity contribution is -0.950. The van der Waals surface area contributed by atoms with Crippen molar-refractivity contribution >= 4 is 11.6 Å². The molecule has 2 aromatic rings. The molecule has 10 atom stereocenters. The third-order valence-electron chi connectivity index (χ3n) is 17.8. The van der Waals surface area contributed by atoms with Gasteiger partial charge in [-0.3, -0.25) is 9.59 Å². The second-order valence-electron chi connectivity index (χ2n) is 20.1. The molecule has 9 nitrogen and oxygen atoms in total. The van der Waals surface area contributed by atoms with E-state index in [1.54, 1.807) is 0 Å². The third-order valence-corrected chi connectivity index (χ3v) is 17.8. The molecule has 12 rings (SSSR count). The van der Waals surface area contributed by atoms with E-state index in [0.717, 1.165) is 58.6 Å². The predicted octanol–water partition coefficient (Wildman–Crippen LogP) is 5.30. The van der Waals surface area contributed by atoms with E-state index in [-0.39, 0.29) is 64.8 Å². The first-order valence-electron chi connectivity index (χ1n) is 20.8. The number of ether oxygens (including phenoxy) is 2. The van der Waals surface area contributed by atoms with Crippen LogP contribution < -0.4 is 9.47 Å². The molecule has 3 aliphatic heterocycles. The summed E-state index contributed by atoms with van der Waals surface area (Å²) in [7, 11) is 2.29. The van der Waals surface area contributed by atoms with E-state index in [4.69, 9.17) is 9.47 Å². The van der Waals surface area contributed by atoms with E-state index in [0.29, 0.717) is 55.6 Å². The number of likely N-dealkylation sites (N-methyl/N-ethyl adjacent to an activating group) is 1. The maximum Gasteiger partial charge on any atom is 0.174 e. The van der Waals surface area contributed by atoms with Crippen molar-refractivity contribution < 1.29 is 44.0 Å². The summed E-state index contributed by atoms with van der Waals surface area (Å²) in [5.41, 5.74) is 0.0995. The molecule has 1 saturated heterocycles. The molecule has 4 N–H and O–H groups in total. The summed E-state index contributed by atoms with van der Waals surface area (Å²) in [6.45, 7) is 4.04. The van der Waals surface area contributed by atoms with Crippen LogP contribution in [0.3, 0.4) is 0 Å². The minimum atomic E-state index is -1.13. The first-order chi connectivity index (χ1) is 25.3. The molecule has 6 fully saturated rings. The van der Waals surface area contributed by atoms with Gasteiger partial charge in [-0.1, -0.05) is 32.6 Å². The number of quaternary nitrogens is 1. The lowest BCUT2D eigenvalue weighted by Gasteiger charge is -2.64. The van der Waals surface area contributed by atoms with Crippen molar-refractivity contribution in [3.8, 4) is 34.1 Å². The maximum absolute atomic E-state index is 13.8. The molecule has 3 heterocycles. The lowest BCUT2D eigenvalue weighted by atomic mass is 9.48. The second kappa shape index (κ2) is 9.62. The summed E-state index contributed by atoms with van der Waals surface area (Å²) in [5.74, 6) is 1.67. The van der Waals surface area contributed by atoms with E-state index < -0.39 is 34.2 Å². The number of benzene rings is 2. The second-order valence-corrected chi connectivity index (χ2v) is 20.1. The molecule has 0 amide bonds. The van der Waals surface area contributed by atoms with E-state index in [1.807, 2.05) is 12.1 Å². The molecule has 9 heteroatoms. The highest BCUT2D eigenvalue weighted by molar-refractivity contribution is 5.94. The molecule has 0 radical (unpaired) electrons. The average Bonchev–Trinajstić information content (AvgIpc) is 4.05. The Kier molecular flexibility index (Phi) is 5.83. The number of carbonyl (C=O) groups is 2. The molecule has 10 aliphatic rings. The summed E-state index contributed by atoms with van der Waals surface area (Å²) in [4.78, 5) is 27.5. The van der Waals surface area contributed by atoms with Crippen molar-refractivity contribution in [2.24, 2.45) is 23.2 Å². The molecule has 53 heavy (non-hydrogen) atoms. The number of likely N-dealkylation sites (tertiary alicyclic amines) is 1. The van der Waals surface area contributed by atoms with Crippen molar-refractivity contribution in [2.75, 3.05) is 20.1 Å². The number of ketones is 2. The number of hydrogen-bond donors (Lipinski definition) is 4. The predicted molar refractivity (Wildman–Crippen MR) is 193 cm³/mol. The summed E-state index contributed by atoms with van der Waals surface area (Å²) < 4.78 is 14.0. The Morgan fingerprint density at radius 2 is 1.42 bits per heavy atom. The summed E-state index contributed by atoms with van der Waals surface area (Å²) in [6.07, 6.45) is 10.5. The topological polar surface area (TPSA) is 134 Å². The van der Waals surface area contributed by atoms with Gasteiger partial charge < -0.3 is 34.4 Å². The highest BCUT2D eigenvalue weighted by Crippen LogP contribution is 2.75. The number of piperidine rings is 1. The van der Waals surface area contributed by atoms with Crippen LogP contribution in [0, 0.1) is 23.2 Å². The Morgan fingerprint density at radius 1 is 0.811 bits per heavy atom. The standard InChI is InChI=1S/C44H51NO8/c1-22-40(11-3-4-23-5-6-23)19-26-17-28(35(49)37-33(26)42(21-40)39(53-37)30(47)9-12-43(22,42)50)27-16-25-18-31-44(51)13-10-29(46)38-41(44,32(25)36(52-38)34(27)48)14-15-45(31,2)20-24-7-8-24/h16-17,22-24,31,38-39,50-51H,3-15,18-21H2,1-2H3,(H-,48,49)/p+1/t22-,31-,38+,39+,40?,41+,42+,43-,44-,45?/m1/s1. The van der Waals surface area contributed by atoms with Crippen molar-refractivity contribution in [2.45, 2.75) is 144 Å². The quantitative estimate of drug-likeness (QED) is 0.283. The van der Waals surface area contributed by atoms with Crippen molar-refractivity contribution in [3.05, 3.63) is 34.4 Å². The number of rotatable bonds is 7. The summed E-state index contributed by atoms with van der Waals surface area (Å²) >= 11 is 0. The van der Waals surface area contributed by atoms with Gasteiger partial charge in [0, 0.05) is 53.9 Å². The third kappa shape index (κ3) is 3.51. The summed E-state index contributed by atoms with van der Waals surface area (Å²) in [6, 6.07) is 3.87. The fourth-order valence-corrected chi connectivity index (χ4v) is 15.0. The highest BCUT2D eigenvalue weighted by atomic mass is 16.5. The van der Waals surface area contributed by atoms with Crippen LogP contribution in [0.4, 0.5) is 0 Å². The zero-order valence-electron chi connectivity index (χ0n) is 31.0. The van der Waals surface area contributed by atoms with E-state index in [2.05, 4.69) is 14.0 Å². The highest BCUT2D eigenvalue weighted by Gasteiger charge is 2.79. The largest absolute Gasteiger partial charge is 0.504 e. The number of hydrogen-bond acceptors (Lipinski definition) is 8. The molecule has 2 unspecified atom stereocenters. The summed E-state index contributed by atoms with van der Waals surface area (Å²) in [5, 5.41) is 50.3. The van der Waals surface area contributed by atoms with Crippen molar-refractivity contribution in [1.29, 1.82) is 0 Å². The Morgan fingerprint density at radius 3 is 2.08 bits per heavy atom. The van der Waals surface area contributed by atoms with Crippen LogP contribution >= 0.6 is 0 Å². The molecule has 0 aromatic heterocycles. The normalized spacial score (nSPS) is 44.8. The van der Waals surface area contributed by atoms with Gasteiger partial charge in [0.1, 0.15) is 11.6 Å². The first-order valence-corrected chi connectivity index (χ1v) is 20.8. The number of aliphatic hydroxyl groups is 2. The van der Waals surface area contributed by atoms with Gasteiger partial charge in [-0.25, -0.2) is 0 Å². The van der Waals surface area contributed by atoms with Crippen LogP contribution in [0.2, 0.25) is 0 Å². The van der Waals surface area contributed by atoms with Gasteiger partial charge in [-0.15, -0.1) is 0 Å². The number of nitrogens with zero attached hydrogens (tertiary/aromatic N) is 1. The minimum absolute atomic E-state index is 0.0169. The fraction of sp³-hybridized carbons (Fsp3) is 0.682. The number of aromatic hydroxyl groups is 2. The maximum atomic E-state index is 13.8. The molecule has 2 spiro atoms. The molecular formula is C44H52NO8+. The van der Waals surface area contributed by atoms with Crippen molar-refractivity contribution in [1.82, 2.24) is 0 Å². The number of fused-ring (bicyclic) bond motifs is 1. The van der Waals surface area contributed by atoms with Crippen LogP contribution in [-0.2, 0) is 33.3 Å². The van der Waals surface area contributed by atoms with Crippen LogP contribution in [0.1, 0.15) is 113 Å². The molecule has 280 valence electrons. The minimum Gasteiger partial charge on any atom is -0.504 e. The Balaban J connectivity index is 1.04. The van der Waals surface area contributed by atoms with Gasteiger partial charge in [-0.2, -0.15) is 0 Å². The van der Waals surface area contributed by atoms with Gasteiger partial charge >= 0.3 is 0 Å². The lowest BCUT2D eigenvalue weighted by Crippen LogP contribution is -2.80. The molecular weight excluding hydrogens is 670 g/mol. The molecule has 5 saturated carbocycles. The van der Waals surface area contributed by atoms with Crippen LogP contribution in [0.5, 0.6) is 23.0 Å². The Labute approximate surface area is 310 Å². The number of Topliss-reactive ketones (excluding diaryl/α,β-unsaturated/α-hetero) is 2. The first kappa shape index (κ1) is 32.1. The number of phenolic OH excluding ortho intramolecular Hbond substituents is 2. The Bertz CT molecular complexity index is 2090. The van der Waals surface area contributed by atoms with E-state index in [1.165, 1.54) is 32.1 Å². The molecule has 4 bridgehead atoms. The van der Waals surface area contributed by atoms with Crippen LogP contribution in [-0.4, -0.2) is 86.1 Å². The van der Waals surface area contributed by atoms with E-state index >= 15 is 0 Å². The SMILES string of the molecule is C[C@@H]1C2(CCCC3CC3)Cc3cc(-c4cc5c6c(c4O)O[C@H]4C(=O)CC[C@@]7(O)[C@@H](C5)[N+](C)(CC5CC5)CC[C@]647)c(O)c4c3[C@@]3(C2)[C@@H](O4)C(=O)CC[C@@]13O. The van der Waals surface area contributed by atoms with Crippen molar-refractivity contribution in [3.63, 3.8) is 0 Å². The smallest absolute Gasteiger partial charge is 0.174 e. The fourth-order valence-electron chi connectivity index (χ4n) is 15.0. The molecule has 2 aromatic carbocycles. The van der Waals surface area contributed by atoms with Gasteiger partial charge in [-0.05, 0) is 85.5 Å². The average molecular weight is 723 g/mol. The van der Waals surface area contributed by atoms with E-state index in [9.17, 15) is 30.0 Å². The van der Waals surface area contributed by atoms with Gasteiger partial charge in [0.15, 0.2) is 46.8 Å². The van der Waals surface area contributed by atoms with Crippen LogP contribution in [0.25, 0.3) is 11.1 Å². The Hall–Kier alpha value is -3.14. The van der Waals surface area contributed by atoms with Gasteiger partial charge in [0.25, 0.3) is 0 Å². The van der Waals surface area contributed by atoms with Gasteiger partial charge in [0.2, 0.25) is 0 Å². The number of phenols is 2. The number of carbonyl (C=O) groups excluding carboxylic acids is 2.